The van der Waals surface area contributed by atoms with Crippen molar-refractivity contribution in [3.8, 4) is 5.75 Å². The van der Waals surface area contributed by atoms with Gasteiger partial charge >= 0.3 is 12.1 Å². The summed E-state index contributed by atoms with van der Waals surface area (Å²) < 4.78 is 10.3. The van der Waals surface area contributed by atoms with Gasteiger partial charge in [-0.05, 0) is 56.2 Å². The molecule has 7 heteroatoms. The van der Waals surface area contributed by atoms with Gasteiger partial charge in [-0.1, -0.05) is 18.2 Å². The molecule has 1 aliphatic heterocycles. The van der Waals surface area contributed by atoms with Crippen LogP contribution in [0.3, 0.4) is 0 Å². The van der Waals surface area contributed by atoms with Crippen LogP contribution in [0.5, 0.6) is 5.75 Å². The maximum Gasteiger partial charge on any atom is 0.417 e. The molecule has 1 atom stereocenters. The molecule has 152 valence electrons. The third-order valence-corrected chi connectivity index (χ3v) is 4.66. The predicted octanol–water partition coefficient (Wildman–Crippen LogP) is 3.71. The standard InChI is InChI=1S/C22H24N2O5/c1-2-28-21(26)17-7-6-14-24(15-17)20(25)16-10-12-18(13-11-16)23-22(27)29-19-8-4-3-5-9-19/h3-5,8-13,17H,2,6-7,14-15H2,1H3,(H,23,27)/t17-/m0/s1. The Morgan fingerprint density at radius 3 is 2.48 bits per heavy atom. The molecule has 0 unspecified atom stereocenters. The Balaban J connectivity index is 1.57. The van der Waals surface area contributed by atoms with Gasteiger partial charge in [-0.2, -0.15) is 0 Å². The number of hydrogen-bond donors (Lipinski definition) is 1. The Bertz CT molecular complexity index is 851. The number of carbonyl (C=O) groups excluding carboxylic acids is 3. The summed E-state index contributed by atoms with van der Waals surface area (Å²) in [6, 6.07) is 15.3. The van der Waals surface area contributed by atoms with Crippen LogP contribution in [-0.4, -0.2) is 42.6 Å². The fourth-order valence-electron chi connectivity index (χ4n) is 3.23. The third kappa shape index (κ3) is 5.57. The van der Waals surface area contributed by atoms with Crippen LogP contribution < -0.4 is 10.1 Å². The number of ether oxygens (including phenoxy) is 2. The molecular formula is C22H24N2O5. The Morgan fingerprint density at radius 1 is 1.07 bits per heavy atom. The lowest BCUT2D eigenvalue weighted by Gasteiger charge is -2.31. The number of carbonyl (C=O) groups is 3. The molecule has 0 bridgehead atoms. The van der Waals surface area contributed by atoms with Gasteiger partial charge in [0, 0.05) is 24.3 Å². The zero-order valence-corrected chi connectivity index (χ0v) is 16.3. The maximum atomic E-state index is 12.8. The molecule has 1 aliphatic rings. The third-order valence-electron chi connectivity index (χ3n) is 4.66. The van der Waals surface area contributed by atoms with E-state index in [2.05, 4.69) is 5.32 Å². The molecule has 0 spiro atoms. The second-order valence-electron chi connectivity index (χ2n) is 6.75. The summed E-state index contributed by atoms with van der Waals surface area (Å²) in [5.74, 6) is -0.224. The quantitative estimate of drug-likeness (QED) is 0.779. The monoisotopic (exact) mass is 396 g/mol. The van der Waals surface area contributed by atoms with Gasteiger partial charge in [0.15, 0.2) is 0 Å². The molecule has 2 aromatic rings. The van der Waals surface area contributed by atoms with Crippen molar-refractivity contribution in [3.05, 3.63) is 60.2 Å². The van der Waals surface area contributed by atoms with Crippen LogP contribution in [-0.2, 0) is 9.53 Å². The average Bonchev–Trinajstić information content (AvgIpc) is 2.75. The van der Waals surface area contributed by atoms with Crippen LogP contribution in [0, 0.1) is 5.92 Å². The average molecular weight is 396 g/mol. The van der Waals surface area contributed by atoms with Crippen LogP contribution in [0.4, 0.5) is 10.5 Å². The largest absolute Gasteiger partial charge is 0.466 e. The van der Waals surface area contributed by atoms with E-state index >= 15 is 0 Å². The van der Waals surface area contributed by atoms with Crippen molar-refractivity contribution in [2.45, 2.75) is 19.8 Å². The minimum atomic E-state index is -0.608. The van der Waals surface area contributed by atoms with E-state index in [4.69, 9.17) is 9.47 Å². The van der Waals surface area contributed by atoms with Gasteiger partial charge in [0.05, 0.1) is 12.5 Å². The van der Waals surface area contributed by atoms with Gasteiger partial charge in [-0.3, -0.25) is 14.9 Å². The molecule has 0 saturated carbocycles. The van der Waals surface area contributed by atoms with E-state index in [1.54, 1.807) is 60.4 Å². The first kappa shape index (κ1) is 20.4. The van der Waals surface area contributed by atoms with Crippen LogP contribution in [0.25, 0.3) is 0 Å². The van der Waals surface area contributed by atoms with E-state index < -0.39 is 6.09 Å². The van der Waals surface area contributed by atoms with Crippen molar-refractivity contribution in [3.63, 3.8) is 0 Å². The molecule has 0 aliphatic carbocycles. The number of nitrogens with zero attached hydrogens (tertiary/aromatic N) is 1. The summed E-state index contributed by atoms with van der Waals surface area (Å²) in [5, 5.41) is 2.62. The SMILES string of the molecule is CCOC(=O)[C@H]1CCCN(C(=O)c2ccc(NC(=O)Oc3ccccc3)cc2)C1. The number of hydrogen-bond acceptors (Lipinski definition) is 5. The lowest BCUT2D eigenvalue weighted by atomic mass is 9.97. The zero-order chi connectivity index (χ0) is 20.6. The number of benzene rings is 2. The first-order valence-corrected chi connectivity index (χ1v) is 9.66. The molecule has 0 radical (unpaired) electrons. The van der Waals surface area contributed by atoms with E-state index in [0.29, 0.717) is 36.7 Å². The van der Waals surface area contributed by atoms with Crippen LogP contribution in [0.15, 0.2) is 54.6 Å². The van der Waals surface area contributed by atoms with Crippen molar-refractivity contribution >= 4 is 23.7 Å². The van der Waals surface area contributed by atoms with Gasteiger partial charge in [0.25, 0.3) is 5.91 Å². The highest BCUT2D eigenvalue weighted by Gasteiger charge is 2.29. The molecule has 1 saturated heterocycles. The summed E-state index contributed by atoms with van der Waals surface area (Å²) >= 11 is 0. The number of esters is 1. The lowest BCUT2D eigenvalue weighted by Crippen LogP contribution is -2.42. The maximum absolute atomic E-state index is 12.8. The summed E-state index contributed by atoms with van der Waals surface area (Å²) in [6.07, 6.45) is 0.887. The number of para-hydroxylation sites is 1. The topological polar surface area (TPSA) is 84.9 Å². The van der Waals surface area contributed by atoms with Crippen molar-refractivity contribution in [1.29, 1.82) is 0 Å². The van der Waals surface area contributed by atoms with E-state index in [-0.39, 0.29) is 17.8 Å². The van der Waals surface area contributed by atoms with E-state index in [9.17, 15) is 14.4 Å². The molecule has 0 aromatic heterocycles. The zero-order valence-electron chi connectivity index (χ0n) is 16.3. The predicted molar refractivity (Wildman–Crippen MR) is 108 cm³/mol. The fraction of sp³-hybridized carbons (Fsp3) is 0.318. The fourth-order valence-corrected chi connectivity index (χ4v) is 3.23. The number of amides is 2. The highest BCUT2D eigenvalue weighted by atomic mass is 16.6. The molecule has 2 amide bonds. The second-order valence-corrected chi connectivity index (χ2v) is 6.75. The molecular weight excluding hydrogens is 372 g/mol. The summed E-state index contributed by atoms with van der Waals surface area (Å²) in [4.78, 5) is 38.4. The first-order chi connectivity index (χ1) is 14.1. The molecule has 3 rings (SSSR count). The number of nitrogens with one attached hydrogen (secondary N) is 1. The Morgan fingerprint density at radius 2 is 1.79 bits per heavy atom. The molecule has 1 fully saturated rings. The second kappa shape index (κ2) is 9.73. The number of anilines is 1. The summed E-state index contributed by atoms with van der Waals surface area (Å²) in [7, 11) is 0. The minimum absolute atomic E-state index is 0.141. The summed E-state index contributed by atoms with van der Waals surface area (Å²) in [5.41, 5.74) is 1.02. The lowest BCUT2D eigenvalue weighted by molar-refractivity contribution is -0.149. The van der Waals surface area contributed by atoms with Crippen molar-refractivity contribution in [1.82, 2.24) is 4.90 Å². The Hall–Kier alpha value is -3.35. The molecule has 29 heavy (non-hydrogen) atoms. The molecule has 2 aromatic carbocycles. The number of likely N-dealkylation sites (tertiary alicyclic amines) is 1. The van der Waals surface area contributed by atoms with Crippen LogP contribution in [0.1, 0.15) is 30.1 Å². The van der Waals surface area contributed by atoms with Crippen LogP contribution >= 0.6 is 0 Å². The Labute approximate surface area is 169 Å². The van der Waals surface area contributed by atoms with Crippen molar-refractivity contribution < 1.29 is 23.9 Å². The highest BCUT2D eigenvalue weighted by Crippen LogP contribution is 2.21. The first-order valence-electron chi connectivity index (χ1n) is 9.66. The van der Waals surface area contributed by atoms with Gasteiger partial charge < -0.3 is 14.4 Å². The van der Waals surface area contributed by atoms with Gasteiger partial charge in [-0.25, -0.2) is 4.79 Å². The number of rotatable bonds is 5. The molecule has 7 nitrogen and oxygen atoms in total. The van der Waals surface area contributed by atoms with E-state index in [1.807, 2.05) is 6.07 Å². The van der Waals surface area contributed by atoms with E-state index in [0.717, 1.165) is 12.8 Å². The normalized spacial score (nSPS) is 16.0. The van der Waals surface area contributed by atoms with Gasteiger partial charge in [0.2, 0.25) is 0 Å². The van der Waals surface area contributed by atoms with Crippen molar-refractivity contribution in [2.24, 2.45) is 5.92 Å². The minimum Gasteiger partial charge on any atom is -0.466 e. The van der Waals surface area contributed by atoms with Gasteiger partial charge in [0.1, 0.15) is 5.75 Å². The number of piperidine rings is 1. The summed E-state index contributed by atoms with van der Waals surface area (Å²) in [6.45, 7) is 3.08. The molecule has 1 heterocycles. The van der Waals surface area contributed by atoms with Gasteiger partial charge in [-0.15, -0.1) is 0 Å². The molecule has 1 N–H and O–H groups in total. The van der Waals surface area contributed by atoms with Crippen molar-refractivity contribution in [2.75, 3.05) is 25.0 Å². The van der Waals surface area contributed by atoms with E-state index in [1.165, 1.54) is 0 Å². The highest BCUT2D eigenvalue weighted by molar-refractivity contribution is 5.95. The smallest absolute Gasteiger partial charge is 0.417 e. The van der Waals surface area contributed by atoms with Crippen LogP contribution in [0.2, 0.25) is 0 Å². The Kier molecular flexibility index (Phi) is 6.84.